The lowest BCUT2D eigenvalue weighted by molar-refractivity contribution is 0.0950. The molecule has 5 aromatic rings. The van der Waals surface area contributed by atoms with Gasteiger partial charge < -0.3 is 19.6 Å². The average Bonchev–Trinajstić information content (AvgIpc) is 3.44. The molecule has 0 radical (unpaired) electrons. The number of pyridine rings is 1. The Labute approximate surface area is 195 Å². The Balaban J connectivity index is 1.23. The summed E-state index contributed by atoms with van der Waals surface area (Å²) in [7, 11) is 1.89. The number of fused-ring (bicyclic) bond motifs is 1. The van der Waals surface area contributed by atoms with Crippen LogP contribution in [0.3, 0.4) is 0 Å². The molecular weight excluding hydrogens is 430 g/mol. The smallest absolute Gasteiger partial charge is 0.251 e. The maximum absolute atomic E-state index is 12.8. The number of nitrogens with one attached hydrogen (secondary N) is 2. The highest BCUT2D eigenvalue weighted by molar-refractivity contribution is 5.95. The molecule has 2 N–H and O–H groups in total. The molecule has 0 fully saturated rings. The van der Waals surface area contributed by atoms with Crippen molar-refractivity contribution in [2.45, 2.75) is 20.0 Å². The van der Waals surface area contributed by atoms with Crippen LogP contribution in [0.5, 0.6) is 0 Å². The number of anilines is 1. The van der Waals surface area contributed by atoms with Crippen molar-refractivity contribution in [2.75, 3.05) is 5.32 Å². The van der Waals surface area contributed by atoms with Gasteiger partial charge in [-0.25, -0.2) is 15.0 Å². The number of carbonyl (C=O) groups excluding carboxylic acids is 1. The molecule has 10 nitrogen and oxygen atoms in total. The molecule has 0 aliphatic rings. The molecule has 0 saturated heterocycles. The van der Waals surface area contributed by atoms with E-state index in [0.717, 1.165) is 28.4 Å². The Morgan fingerprint density at radius 1 is 1.06 bits per heavy atom. The van der Waals surface area contributed by atoms with Crippen LogP contribution in [0.15, 0.2) is 67.4 Å². The summed E-state index contributed by atoms with van der Waals surface area (Å²) in [6.45, 7) is 2.85. The molecule has 0 spiro atoms. The zero-order valence-corrected chi connectivity index (χ0v) is 18.8. The number of benzene rings is 1. The first-order valence-corrected chi connectivity index (χ1v) is 10.8. The number of imidazole rings is 1. The third-order valence-corrected chi connectivity index (χ3v) is 5.51. The number of rotatable bonds is 7. The fourth-order valence-electron chi connectivity index (χ4n) is 3.65. The second-order valence-electron chi connectivity index (χ2n) is 7.89. The number of carbonyl (C=O) groups is 1. The first kappa shape index (κ1) is 21.3. The van der Waals surface area contributed by atoms with Crippen LogP contribution in [-0.4, -0.2) is 40.0 Å². The summed E-state index contributed by atoms with van der Waals surface area (Å²) < 4.78 is 3.87. The Hall–Kier alpha value is -4.60. The number of aromatic nitrogens is 7. The van der Waals surface area contributed by atoms with Gasteiger partial charge in [-0.15, -0.1) is 10.2 Å². The van der Waals surface area contributed by atoms with Gasteiger partial charge in [-0.3, -0.25) is 4.79 Å². The summed E-state index contributed by atoms with van der Waals surface area (Å²) in [6.07, 6.45) is 6.94. The number of hydrogen-bond donors (Lipinski definition) is 2. The quantitative estimate of drug-likeness (QED) is 0.389. The van der Waals surface area contributed by atoms with E-state index in [1.165, 1.54) is 6.33 Å². The van der Waals surface area contributed by atoms with Crippen molar-refractivity contribution in [3.63, 3.8) is 0 Å². The van der Waals surface area contributed by atoms with E-state index in [4.69, 9.17) is 0 Å². The molecule has 0 unspecified atom stereocenters. The van der Waals surface area contributed by atoms with Crippen LogP contribution in [-0.2, 0) is 20.1 Å². The second-order valence-corrected chi connectivity index (χ2v) is 7.89. The van der Waals surface area contributed by atoms with Crippen LogP contribution >= 0.6 is 0 Å². The Morgan fingerprint density at radius 3 is 2.82 bits per heavy atom. The Bertz CT molecular complexity index is 1460. The van der Waals surface area contributed by atoms with E-state index < -0.39 is 0 Å². The summed E-state index contributed by atoms with van der Waals surface area (Å²) in [4.78, 5) is 25.3. The van der Waals surface area contributed by atoms with Crippen LogP contribution in [0.2, 0.25) is 0 Å². The minimum absolute atomic E-state index is 0.157. The van der Waals surface area contributed by atoms with E-state index >= 15 is 0 Å². The summed E-state index contributed by atoms with van der Waals surface area (Å²) in [5.74, 6) is 1.25. The molecule has 0 aliphatic heterocycles. The van der Waals surface area contributed by atoms with Gasteiger partial charge in [0.1, 0.15) is 17.7 Å². The van der Waals surface area contributed by atoms with Crippen molar-refractivity contribution in [1.29, 1.82) is 0 Å². The van der Waals surface area contributed by atoms with E-state index in [2.05, 4.69) is 35.8 Å². The summed E-state index contributed by atoms with van der Waals surface area (Å²) in [6, 6.07) is 13.1. The predicted octanol–water partition coefficient (Wildman–Crippen LogP) is 2.77. The fraction of sp³-hybridized carbons (Fsp3) is 0.167. The highest BCUT2D eigenvalue weighted by Crippen LogP contribution is 2.16. The topological polar surface area (TPSA) is 115 Å². The fourth-order valence-corrected chi connectivity index (χ4v) is 3.65. The highest BCUT2D eigenvalue weighted by atomic mass is 16.1. The van der Waals surface area contributed by atoms with Gasteiger partial charge >= 0.3 is 0 Å². The van der Waals surface area contributed by atoms with Gasteiger partial charge in [-0.2, -0.15) is 0 Å². The maximum atomic E-state index is 12.8. The number of aryl methyl sites for hydroxylation is 1. The molecule has 170 valence electrons. The molecule has 4 aromatic heterocycles. The number of hydrogen-bond acceptors (Lipinski definition) is 7. The molecular formula is C24H23N9O. The van der Waals surface area contributed by atoms with E-state index in [1.54, 1.807) is 24.5 Å². The standard InChI is InChI=1S/C24H23N9O/c1-16-6-7-21-27-11-19(33(21)14-16)12-28-24(34)17-4-3-5-18(10-17)26-13-22-30-31-23(32(22)2)20-8-9-25-15-29-20/h3-11,14-15,26H,12-13H2,1-2H3,(H,28,34). The van der Waals surface area contributed by atoms with Gasteiger partial charge in [0, 0.05) is 30.7 Å². The normalized spacial score (nSPS) is 11.0. The number of nitrogens with zero attached hydrogens (tertiary/aromatic N) is 7. The Morgan fingerprint density at radius 2 is 1.97 bits per heavy atom. The van der Waals surface area contributed by atoms with Crippen molar-refractivity contribution >= 4 is 17.2 Å². The van der Waals surface area contributed by atoms with Gasteiger partial charge in [0.2, 0.25) is 0 Å². The minimum Gasteiger partial charge on any atom is -0.378 e. The van der Waals surface area contributed by atoms with E-state index in [9.17, 15) is 4.79 Å². The van der Waals surface area contributed by atoms with Gasteiger partial charge in [-0.05, 0) is 42.8 Å². The SMILES string of the molecule is Cc1ccc2ncc(CNC(=O)c3cccc(NCc4nnc(-c5ccncn5)n4C)c3)n2c1. The predicted molar refractivity (Wildman–Crippen MR) is 127 cm³/mol. The summed E-state index contributed by atoms with van der Waals surface area (Å²) >= 11 is 0. The van der Waals surface area contributed by atoms with Crippen LogP contribution in [0, 0.1) is 6.92 Å². The molecule has 4 heterocycles. The number of amides is 1. The van der Waals surface area contributed by atoms with Gasteiger partial charge in [0.05, 0.1) is 25.0 Å². The van der Waals surface area contributed by atoms with Crippen LogP contribution in [0.1, 0.15) is 27.4 Å². The highest BCUT2D eigenvalue weighted by Gasteiger charge is 2.12. The molecule has 0 atom stereocenters. The summed E-state index contributed by atoms with van der Waals surface area (Å²) in [5.41, 5.74) is 4.98. The minimum atomic E-state index is -0.157. The molecule has 1 aromatic carbocycles. The molecule has 0 saturated carbocycles. The maximum Gasteiger partial charge on any atom is 0.251 e. The van der Waals surface area contributed by atoms with Crippen molar-refractivity contribution in [2.24, 2.45) is 7.05 Å². The molecule has 34 heavy (non-hydrogen) atoms. The average molecular weight is 454 g/mol. The third-order valence-electron chi connectivity index (χ3n) is 5.51. The summed E-state index contributed by atoms with van der Waals surface area (Å²) in [5, 5.41) is 14.8. The zero-order chi connectivity index (χ0) is 23.5. The molecule has 0 aliphatic carbocycles. The monoisotopic (exact) mass is 453 g/mol. The molecule has 10 heteroatoms. The lowest BCUT2D eigenvalue weighted by atomic mass is 10.2. The van der Waals surface area contributed by atoms with Gasteiger partial charge in [0.25, 0.3) is 5.91 Å². The van der Waals surface area contributed by atoms with Crippen LogP contribution in [0.25, 0.3) is 17.2 Å². The van der Waals surface area contributed by atoms with E-state index in [-0.39, 0.29) is 5.91 Å². The van der Waals surface area contributed by atoms with Crippen LogP contribution < -0.4 is 10.6 Å². The zero-order valence-electron chi connectivity index (χ0n) is 18.8. The molecule has 5 rings (SSSR count). The van der Waals surface area contributed by atoms with E-state index in [0.29, 0.717) is 30.2 Å². The largest absolute Gasteiger partial charge is 0.378 e. The first-order chi connectivity index (χ1) is 16.6. The van der Waals surface area contributed by atoms with E-state index in [1.807, 2.05) is 59.5 Å². The lowest BCUT2D eigenvalue weighted by Crippen LogP contribution is -2.23. The van der Waals surface area contributed by atoms with Crippen molar-refractivity contribution in [1.82, 2.24) is 39.4 Å². The lowest BCUT2D eigenvalue weighted by Gasteiger charge is -2.09. The van der Waals surface area contributed by atoms with Crippen LogP contribution in [0.4, 0.5) is 5.69 Å². The second kappa shape index (κ2) is 9.10. The van der Waals surface area contributed by atoms with Gasteiger partial charge in [0.15, 0.2) is 11.6 Å². The Kier molecular flexibility index (Phi) is 5.69. The molecule has 0 bridgehead atoms. The van der Waals surface area contributed by atoms with Gasteiger partial charge in [-0.1, -0.05) is 12.1 Å². The van der Waals surface area contributed by atoms with Crippen molar-refractivity contribution in [3.8, 4) is 11.5 Å². The third kappa shape index (κ3) is 4.33. The van der Waals surface area contributed by atoms with Crippen molar-refractivity contribution in [3.05, 3.63) is 90.0 Å². The molecule has 1 amide bonds. The van der Waals surface area contributed by atoms with Crippen molar-refractivity contribution < 1.29 is 4.79 Å². The first-order valence-electron chi connectivity index (χ1n) is 10.8.